The van der Waals surface area contributed by atoms with E-state index in [0.717, 1.165) is 0 Å². The number of rotatable bonds is 7. The van der Waals surface area contributed by atoms with E-state index in [1.165, 1.54) is 23.1 Å². The minimum Gasteiger partial charge on any atom is -0.467 e. The highest BCUT2D eigenvalue weighted by molar-refractivity contribution is 7.92. The van der Waals surface area contributed by atoms with E-state index in [9.17, 15) is 18.0 Å². The molecule has 2 aromatic carbocycles. The van der Waals surface area contributed by atoms with Crippen LogP contribution in [0.25, 0.3) is 5.69 Å². The molecule has 9 nitrogen and oxygen atoms in total. The second-order valence-corrected chi connectivity index (χ2v) is 9.46. The van der Waals surface area contributed by atoms with Crippen LogP contribution in [-0.4, -0.2) is 23.7 Å². The van der Waals surface area contributed by atoms with Gasteiger partial charge < -0.3 is 9.73 Å². The fraction of sp³-hybridized carbons (Fsp3) is 0.167. The normalized spacial score (nSPS) is 11.4. The third-order valence-electron chi connectivity index (χ3n) is 5.56. The molecule has 176 valence electrons. The van der Waals surface area contributed by atoms with E-state index in [4.69, 9.17) is 4.42 Å². The Morgan fingerprint density at radius 1 is 1.03 bits per heavy atom. The Morgan fingerprint density at radius 3 is 2.44 bits per heavy atom. The lowest BCUT2D eigenvalue weighted by Crippen LogP contribution is -2.25. The van der Waals surface area contributed by atoms with E-state index in [-0.39, 0.29) is 22.7 Å². The van der Waals surface area contributed by atoms with Gasteiger partial charge in [-0.1, -0.05) is 24.3 Å². The number of sulfonamides is 1. The lowest BCUT2D eigenvalue weighted by atomic mass is 10.1. The molecular weight excluding hydrogens is 456 g/mol. The number of furan rings is 1. The van der Waals surface area contributed by atoms with Crippen LogP contribution in [0.15, 0.2) is 81.0 Å². The molecule has 4 rings (SSSR count). The number of amides is 1. The summed E-state index contributed by atoms with van der Waals surface area (Å²) >= 11 is 0. The Bertz CT molecular complexity index is 1500. The Hall–Kier alpha value is -4.05. The summed E-state index contributed by atoms with van der Waals surface area (Å²) in [7, 11) is -2.47. The van der Waals surface area contributed by atoms with Gasteiger partial charge in [0.15, 0.2) is 0 Å². The molecule has 0 saturated heterocycles. The maximum Gasteiger partial charge on any atom is 0.296 e. The van der Waals surface area contributed by atoms with Crippen molar-refractivity contribution in [2.75, 3.05) is 4.72 Å². The number of carbonyl (C=O) groups excluding carboxylic acids is 1. The Labute approximate surface area is 196 Å². The topological polar surface area (TPSA) is 115 Å². The maximum absolute atomic E-state index is 13.2. The average Bonchev–Trinajstić information content (AvgIpc) is 3.41. The van der Waals surface area contributed by atoms with Gasteiger partial charge in [-0.05, 0) is 55.8 Å². The molecule has 0 aliphatic heterocycles. The number of hydrogen-bond donors (Lipinski definition) is 2. The van der Waals surface area contributed by atoms with Gasteiger partial charge in [-0.25, -0.2) is 13.1 Å². The maximum atomic E-state index is 13.2. The zero-order valence-corrected chi connectivity index (χ0v) is 19.7. The van der Waals surface area contributed by atoms with E-state index in [1.807, 2.05) is 6.07 Å². The molecule has 10 heteroatoms. The highest BCUT2D eigenvalue weighted by Crippen LogP contribution is 2.21. The molecule has 0 spiro atoms. The quantitative estimate of drug-likeness (QED) is 0.422. The highest BCUT2D eigenvalue weighted by Gasteiger charge is 2.24. The molecule has 0 bridgehead atoms. The second kappa shape index (κ2) is 9.06. The highest BCUT2D eigenvalue weighted by atomic mass is 32.2. The van der Waals surface area contributed by atoms with Crippen molar-refractivity contribution >= 4 is 21.6 Å². The number of hydrogen-bond acceptors (Lipinski definition) is 5. The van der Waals surface area contributed by atoms with E-state index in [2.05, 4.69) is 10.0 Å². The molecule has 0 saturated carbocycles. The molecule has 2 N–H and O–H groups in total. The summed E-state index contributed by atoms with van der Waals surface area (Å²) in [6.45, 7) is 3.54. The van der Waals surface area contributed by atoms with Crippen LogP contribution in [0.5, 0.6) is 0 Å². The van der Waals surface area contributed by atoms with Crippen molar-refractivity contribution in [2.45, 2.75) is 25.3 Å². The number of aryl methyl sites for hydroxylation is 1. The molecular formula is C24H24N4O5S. The molecule has 0 unspecified atom stereocenters. The van der Waals surface area contributed by atoms with Crippen molar-refractivity contribution in [3.63, 3.8) is 0 Å². The molecule has 34 heavy (non-hydrogen) atoms. The van der Waals surface area contributed by atoms with Gasteiger partial charge in [0.2, 0.25) is 0 Å². The first-order chi connectivity index (χ1) is 16.2. The molecule has 2 aromatic heterocycles. The minimum absolute atomic E-state index is 0.0595. The smallest absolute Gasteiger partial charge is 0.296 e. The first kappa shape index (κ1) is 23.1. The predicted molar refractivity (Wildman–Crippen MR) is 128 cm³/mol. The van der Waals surface area contributed by atoms with Gasteiger partial charge in [-0.2, -0.15) is 0 Å². The van der Waals surface area contributed by atoms with Crippen molar-refractivity contribution in [3.05, 3.63) is 99.9 Å². The molecule has 2 heterocycles. The largest absolute Gasteiger partial charge is 0.467 e. The van der Waals surface area contributed by atoms with Crippen LogP contribution in [0.3, 0.4) is 0 Å². The lowest BCUT2D eigenvalue weighted by Gasteiger charge is -2.11. The second-order valence-electron chi connectivity index (χ2n) is 7.78. The number of aromatic nitrogens is 2. The third-order valence-corrected chi connectivity index (χ3v) is 6.91. The van der Waals surface area contributed by atoms with Gasteiger partial charge in [0, 0.05) is 12.6 Å². The van der Waals surface area contributed by atoms with Crippen molar-refractivity contribution in [1.82, 2.24) is 14.7 Å². The van der Waals surface area contributed by atoms with Gasteiger partial charge in [0.1, 0.15) is 11.4 Å². The zero-order valence-electron chi connectivity index (χ0n) is 18.9. The fourth-order valence-electron chi connectivity index (χ4n) is 3.57. The third kappa shape index (κ3) is 4.40. The van der Waals surface area contributed by atoms with Crippen molar-refractivity contribution < 1.29 is 17.6 Å². The molecule has 0 aliphatic carbocycles. The zero-order chi connectivity index (χ0) is 24.5. The predicted octanol–water partition coefficient (Wildman–Crippen LogP) is 3.12. The molecule has 0 atom stereocenters. The van der Waals surface area contributed by atoms with Crippen molar-refractivity contribution in [2.24, 2.45) is 7.05 Å². The van der Waals surface area contributed by atoms with Crippen molar-refractivity contribution in [3.8, 4) is 5.69 Å². The molecule has 0 fully saturated rings. The first-order valence-electron chi connectivity index (χ1n) is 10.5. The number of para-hydroxylation sites is 1. The van der Waals surface area contributed by atoms with Crippen LogP contribution >= 0.6 is 0 Å². The van der Waals surface area contributed by atoms with Crippen LogP contribution in [0.2, 0.25) is 0 Å². The van der Waals surface area contributed by atoms with E-state index in [0.29, 0.717) is 22.7 Å². The van der Waals surface area contributed by atoms with Crippen LogP contribution in [0.4, 0.5) is 5.69 Å². The number of nitrogens with zero attached hydrogens (tertiary/aromatic N) is 2. The SMILES string of the molecule is Cc1ccc(S(=O)(=O)Nc2c(C)n(C)n(-c3ccccc3)c2=O)cc1C(=O)NCc1ccco1. The van der Waals surface area contributed by atoms with E-state index < -0.39 is 21.5 Å². The van der Waals surface area contributed by atoms with Gasteiger partial charge >= 0.3 is 0 Å². The number of benzene rings is 2. The lowest BCUT2D eigenvalue weighted by molar-refractivity contribution is 0.0947. The van der Waals surface area contributed by atoms with Crippen molar-refractivity contribution in [1.29, 1.82) is 0 Å². The summed E-state index contributed by atoms with van der Waals surface area (Å²) < 4.78 is 36.9. The van der Waals surface area contributed by atoms with Gasteiger partial charge in [-0.3, -0.25) is 19.0 Å². The van der Waals surface area contributed by atoms with Crippen LogP contribution in [-0.2, 0) is 23.6 Å². The molecule has 4 aromatic rings. The summed E-state index contributed by atoms with van der Waals surface area (Å²) in [6.07, 6.45) is 1.50. The Balaban J connectivity index is 1.64. The van der Waals surface area contributed by atoms with E-state index >= 15 is 0 Å². The summed E-state index contributed by atoms with van der Waals surface area (Å²) in [6, 6.07) is 16.6. The fourth-order valence-corrected chi connectivity index (χ4v) is 4.71. The van der Waals surface area contributed by atoms with Crippen LogP contribution in [0.1, 0.15) is 27.4 Å². The van der Waals surface area contributed by atoms with Gasteiger partial charge in [0.25, 0.3) is 21.5 Å². The Kier molecular flexibility index (Phi) is 6.16. The summed E-state index contributed by atoms with van der Waals surface area (Å²) in [4.78, 5) is 25.6. The van der Waals surface area contributed by atoms with Crippen LogP contribution < -0.4 is 15.6 Å². The monoisotopic (exact) mass is 480 g/mol. The van der Waals surface area contributed by atoms with Gasteiger partial charge in [-0.15, -0.1) is 0 Å². The first-order valence-corrected chi connectivity index (χ1v) is 12.0. The number of nitrogens with one attached hydrogen (secondary N) is 2. The molecule has 0 aliphatic rings. The number of anilines is 1. The summed E-state index contributed by atoms with van der Waals surface area (Å²) in [5.41, 5.74) is 1.31. The summed E-state index contributed by atoms with van der Waals surface area (Å²) in [5.74, 6) is 0.138. The number of carbonyl (C=O) groups is 1. The standard InChI is InChI=1S/C24H24N4O5S/c1-16-11-12-20(14-21(16)23(29)25-15-19-10-7-13-33-19)34(31,32)26-22-17(2)27(3)28(24(22)30)18-8-5-4-6-9-18/h4-14,26H,15H2,1-3H3,(H,25,29). The Morgan fingerprint density at radius 2 is 1.76 bits per heavy atom. The minimum atomic E-state index is -4.15. The molecule has 1 amide bonds. The van der Waals surface area contributed by atoms with Gasteiger partial charge in [0.05, 0.1) is 29.1 Å². The van der Waals surface area contributed by atoms with Crippen LogP contribution in [0, 0.1) is 13.8 Å². The summed E-state index contributed by atoms with van der Waals surface area (Å²) in [5, 5.41) is 2.71. The molecule has 0 radical (unpaired) electrons. The average molecular weight is 481 g/mol. The van der Waals surface area contributed by atoms with E-state index in [1.54, 1.807) is 68.0 Å².